The van der Waals surface area contributed by atoms with Gasteiger partial charge in [-0.3, -0.25) is 5.10 Å². The highest BCUT2D eigenvalue weighted by Crippen LogP contribution is 2.42. The van der Waals surface area contributed by atoms with E-state index in [9.17, 15) is 14.8 Å². The molecule has 1 aliphatic heterocycles. The molecule has 0 radical (unpaired) electrons. The highest BCUT2D eigenvalue weighted by Gasteiger charge is 2.25. The van der Waals surface area contributed by atoms with Gasteiger partial charge in [-0.25, -0.2) is 9.37 Å². The lowest BCUT2D eigenvalue weighted by Crippen LogP contribution is -2.29. The van der Waals surface area contributed by atoms with Gasteiger partial charge in [0.05, 0.1) is 27.2 Å². The summed E-state index contributed by atoms with van der Waals surface area (Å²) in [5.74, 6) is -0.845. The molecule has 2 N–H and O–H groups in total. The summed E-state index contributed by atoms with van der Waals surface area (Å²) < 4.78 is 14.9. The molecule has 4 heterocycles. The Balaban J connectivity index is 1.60. The third kappa shape index (κ3) is 3.78. The summed E-state index contributed by atoms with van der Waals surface area (Å²) in [6.07, 6.45) is 3.63. The standard InChI is InChI=1S/C28H22FN5OS/c29-22-15-19(35)10-11-20(22)26-21(16-30)24(17-6-8-18(9-7-17)34-12-2-1-3-13-34)25-27(23-5-4-14-36-23)32-33-28(25)31-26/h4-11,14-15,35H,1-3,12-13H2,(H,31,32,33). The number of aromatic hydroxyl groups is 1. The van der Waals surface area contributed by atoms with E-state index in [1.165, 1.54) is 31.4 Å². The number of hydrogen-bond donors (Lipinski definition) is 2. The molecule has 0 saturated carbocycles. The Kier molecular flexibility index (Phi) is 5.62. The second-order valence-corrected chi connectivity index (χ2v) is 9.80. The normalized spacial score (nSPS) is 13.7. The first kappa shape index (κ1) is 22.3. The molecule has 2 aromatic carbocycles. The smallest absolute Gasteiger partial charge is 0.182 e. The molecule has 6 nitrogen and oxygen atoms in total. The third-order valence-electron chi connectivity index (χ3n) is 6.67. The van der Waals surface area contributed by atoms with Crippen molar-refractivity contribution in [2.45, 2.75) is 19.3 Å². The maximum atomic E-state index is 14.9. The van der Waals surface area contributed by atoms with Crippen molar-refractivity contribution in [1.82, 2.24) is 15.2 Å². The molecule has 0 atom stereocenters. The number of nitriles is 1. The number of benzene rings is 2. The van der Waals surface area contributed by atoms with Gasteiger partial charge in [0.1, 0.15) is 17.6 Å². The van der Waals surface area contributed by atoms with E-state index < -0.39 is 5.82 Å². The maximum Gasteiger partial charge on any atom is 0.182 e. The molecular weight excluding hydrogens is 473 g/mol. The number of nitrogens with zero attached hydrogens (tertiary/aromatic N) is 4. The predicted octanol–water partition coefficient (Wildman–Crippen LogP) is 6.73. The topological polar surface area (TPSA) is 88.8 Å². The van der Waals surface area contributed by atoms with Gasteiger partial charge in [0.15, 0.2) is 5.65 Å². The molecule has 0 amide bonds. The molecule has 1 saturated heterocycles. The molecule has 0 unspecified atom stereocenters. The second-order valence-electron chi connectivity index (χ2n) is 8.86. The van der Waals surface area contributed by atoms with Crippen LogP contribution in [-0.2, 0) is 0 Å². The Morgan fingerprint density at radius 1 is 1.06 bits per heavy atom. The van der Waals surface area contributed by atoms with Crippen molar-refractivity contribution in [2.75, 3.05) is 18.0 Å². The molecule has 1 fully saturated rings. The van der Waals surface area contributed by atoms with Crippen LogP contribution in [0.15, 0.2) is 60.0 Å². The van der Waals surface area contributed by atoms with Crippen molar-refractivity contribution in [2.24, 2.45) is 0 Å². The number of anilines is 1. The Bertz CT molecular complexity index is 1600. The van der Waals surface area contributed by atoms with Gasteiger partial charge in [0.2, 0.25) is 0 Å². The third-order valence-corrected chi connectivity index (χ3v) is 7.55. The minimum absolute atomic E-state index is 0.137. The summed E-state index contributed by atoms with van der Waals surface area (Å²) in [6, 6.07) is 18.3. The molecule has 8 heteroatoms. The highest BCUT2D eigenvalue weighted by molar-refractivity contribution is 7.13. The minimum Gasteiger partial charge on any atom is -0.508 e. The SMILES string of the molecule is N#Cc1c(-c2ccc(O)cc2F)nc2n[nH]c(-c3cccs3)c2c1-c1ccc(N2CCCCC2)cc1. The van der Waals surface area contributed by atoms with Crippen molar-refractivity contribution in [3.8, 4) is 44.8 Å². The number of H-pyrrole nitrogens is 1. The monoisotopic (exact) mass is 495 g/mol. The van der Waals surface area contributed by atoms with Crippen LogP contribution in [0.2, 0.25) is 0 Å². The van der Waals surface area contributed by atoms with Gasteiger partial charge in [-0.05, 0) is 60.5 Å². The number of halogens is 1. The van der Waals surface area contributed by atoms with Crippen LogP contribution < -0.4 is 4.90 Å². The van der Waals surface area contributed by atoms with E-state index in [2.05, 4.69) is 38.3 Å². The second kappa shape index (κ2) is 9.10. The van der Waals surface area contributed by atoms with Crippen molar-refractivity contribution in [3.63, 3.8) is 0 Å². The fraction of sp³-hybridized carbons (Fsp3) is 0.179. The van der Waals surface area contributed by atoms with Gasteiger partial charge >= 0.3 is 0 Å². The predicted molar refractivity (Wildman–Crippen MR) is 140 cm³/mol. The number of aromatic amines is 1. The first-order chi connectivity index (χ1) is 17.6. The summed E-state index contributed by atoms with van der Waals surface area (Å²) >= 11 is 1.56. The van der Waals surface area contributed by atoms with Gasteiger partial charge in [-0.2, -0.15) is 10.4 Å². The fourth-order valence-electron chi connectivity index (χ4n) is 4.93. The zero-order valence-corrected chi connectivity index (χ0v) is 20.1. The summed E-state index contributed by atoms with van der Waals surface area (Å²) in [5.41, 5.74) is 4.41. The number of piperidine rings is 1. The minimum atomic E-state index is -0.654. The van der Waals surface area contributed by atoms with E-state index in [1.807, 2.05) is 29.6 Å². The fourth-order valence-corrected chi connectivity index (χ4v) is 5.66. The van der Waals surface area contributed by atoms with Gasteiger partial charge in [-0.1, -0.05) is 18.2 Å². The molecule has 0 bridgehead atoms. The molecular formula is C28H22FN5OS. The van der Waals surface area contributed by atoms with Crippen LogP contribution in [0, 0.1) is 17.1 Å². The lowest BCUT2D eigenvalue weighted by molar-refractivity contribution is 0.469. The average molecular weight is 496 g/mol. The summed E-state index contributed by atoms with van der Waals surface area (Å²) in [7, 11) is 0. The van der Waals surface area contributed by atoms with Crippen LogP contribution in [0.3, 0.4) is 0 Å². The summed E-state index contributed by atoms with van der Waals surface area (Å²) in [4.78, 5) is 7.98. The van der Waals surface area contributed by atoms with Crippen LogP contribution in [0.1, 0.15) is 24.8 Å². The highest BCUT2D eigenvalue weighted by atomic mass is 32.1. The number of aromatic nitrogens is 3. The van der Waals surface area contributed by atoms with Gasteiger partial charge in [0.25, 0.3) is 0 Å². The van der Waals surface area contributed by atoms with Crippen molar-refractivity contribution in [3.05, 3.63) is 71.4 Å². The zero-order chi connectivity index (χ0) is 24.6. The van der Waals surface area contributed by atoms with E-state index in [4.69, 9.17) is 0 Å². The molecule has 36 heavy (non-hydrogen) atoms. The molecule has 1 aliphatic rings. The Hall–Kier alpha value is -4.22. The summed E-state index contributed by atoms with van der Waals surface area (Å²) in [6.45, 7) is 2.08. The van der Waals surface area contributed by atoms with E-state index in [-0.39, 0.29) is 22.6 Å². The van der Waals surface area contributed by atoms with Crippen LogP contribution in [-0.4, -0.2) is 33.4 Å². The number of nitrogens with one attached hydrogen (secondary N) is 1. The van der Waals surface area contributed by atoms with Crippen LogP contribution in [0.5, 0.6) is 5.75 Å². The first-order valence-corrected chi connectivity index (χ1v) is 12.7. The molecule has 178 valence electrons. The number of rotatable bonds is 4. The van der Waals surface area contributed by atoms with Crippen LogP contribution in [0.25, 0.3) is 44.0 Å². The van der Waals surface area contributed by atoms with E-state index in [1.54, 1.807) is 11.3 Å². The van der Waals surface area contributed by atoms with Crippen molar-refractivity contribution < 1.29 is 9.50 Å². The number of thiophene rings is 1. The zero-order valence-electron chi connectivity index (χ0n) is 19.3. The average Bonchev–Trinajstić information content (AvgIpc) is 3.58. The maximum absolute atomic E-state index is 14.9. The number of hydrogen-bond acceptors (Lipinski definition) is 6. The van der Waals surface area contributed by atoms with Gasteiger partial charge in [-0.15, -0.1) is 11.3 Å². The lowest BCUT2D eigenvalue weighted by atomic mass is 9.92. The van der Waals surface area contributed by atoms with Crippen LogP contribution in [0.4, 0.5) is 10.1 Å². The Morgan fingerprint density at radius 3 is 2.56 bits per heavy atom. The van der Waals surface area contributed by atoms with E-state index in [0.29, 0.717) is 11.2 Å². The molecule has 5 aromatic rings. The first-order valence-electron chi connectivity index (χ1n) is 11.8. The molecule has 6 rings (SSSR count). The number of fused-ring (bicyclic) bond motifs is 1. The molecule has 0 spiro atoms. The van der Waals surface area contributed by atoms with Crippen LogP contribution >= 0.6 is 11.3 Å². The molecule has 3 aromatic heterocycles. The Labute approximate surface area is 211 Å². The number of pyridine rings is 1. The summed E-state index contributed by atoms with van der Waals surface area (Å²) in [5, 5.41) is 30.3. The van der Waals surface area contributed by atoms with E-state index in [0.717, 1.165) is 46.4 Å². The number of phenols is 1. The van der Waals surface area contributed by atoms with Gasteiger partial charge < -0.3 is 10.0 Å². The van der Waals surface area contributed by atoms with Crippen molar-refractivity contribution in [1.29, 1.82) is 5.26 Å². The van der Waals surface area contributed by atoms with Crippen molar-refractivity contribution >= 4 is 28.1 Å². The Morgan fingerprint density at radius 2 is 1.86 bits per heavy atom. The lowest BCUT2D eigenvalue weighted by Gasteiger charge is -2.29. The largest absolute Gasteiger partial charge is 0.508 e. The number of phenolic OH excluding ortho intramolecular Hbond substituents is 1. The van der Waals surface area contributed by atoms with Gasteiger partial charge in [0, 0.05) is 36.0 Å². The quantitative estimate of drug-likeness (QED) is 0.289. The molecule has 0 aliphatic carbocycles. The van der Waals surface area contributed by atoms with E-state index >= 15 is 0 Å².